The van der Waals surface area contributed by atoms with Gasteiger partial charge in [-0.15, -0.1) is 0 Å². The maximum Gasteiger partial charge on any atom is 0.508 e. The molecule has 0 radical (unpaired) electrons. The van der Waals surface area contributed by atoms with E-state index in [1.165, 1.54) is 4.90 Å². The zero-order chi connectivity index (χ0) is 34.7. The van der Waals surface area contributed by atoms with Crippen molar-refractivity contribution in [1.29, 1.82) is 0 Å². The van der Waals surface area contributed by atoms with Crippen molar-refractivity contribution in [2.24, 2.45) is 40.7 Å². The van der Waals surface area contributed by atoms with Crippen molar-refractivity contribution in [3.8, 4) is 0 Å². The second-order valence-electron chi connectivity index (χ2n) is 15.6. The minimum Gasteiger partial charge on any atom is -0.434 e. The van der Waals surface area contributed by atoms with Crippen LogP contribution in [0.1, 0.15) is 99.3 Å². The number of hydrogen-bond acceptors (Lipinski definition) is 8. The van der Waals surface area contributed by atoms with Crippen LogP contribution in [0.15, 0.2) is 0 Å². The minimum absolute atomic E-state index is 0.0451. The molecule has 3 aliphatic carbocycles. The summed E-state index contributed by atoms with van der Waals surface area (Å²) in [5.74, 6) is -2.77. The molecule has 0 bridgehead atoms. The molecule has 47 heavy (non-hydrogen) atoms. The molecule has 1 saturated heterocycles. The van der Waals surface area contributed by atoms with E-state index in [2.05, 4.69) is 29.8 Å². The number of nitrogens with zero attached hydrogens (tertiary/aromatic N) is 1. The number of carbonyl (C=O) groups excluding carboxylic acids is 6. The lowest BCUT2D eigenvalue weighted by Crippen LogP contribution is -2.62. The van der Waals surface area contributed by atoms with Gasteiger partial charge in [0.1, 0.15) is 18.7 Å². The summed E-state index contributed by atoms with van der Waals surface area (Å²) in [6, 6.07) is -3.39. The molecule has 4 fully saturated rings. The number of urea groups is 1. The molecule has 0 aromatic heterocycles. The highest BCUT2D eigenvalue weighted by Gasteiger charge is 2.69. The van der Waals surface area contributed by atoms with E-state index in [0.29, 0.717) is 25.8 Å². The Bertz CT molecular complexity index is 1210. The van der Waals surface area contributed by atoms with Crippen LogP contribution in [0, 0.1) is 35.0 Å². The molecule has 13 nitrogen and oxygen atoms in total. The van der Waals surface area contributed by atoms with Gasteiger partial charge in [0.05, 0.1) is 18.2 Å². The first kappa shape index (κ1) is 36.5. The highest BCUT2D eigenvalue weighted by Crippen LogP contribution is 2.65. The topological polar surface area (TPSA) is 186 Å². The van der Waals surface area contributed by atoms with Crippen molar-refractivity contribution in [3.05, 3.63) is 0 Å². The van der Waals surface area contributed by atoms with Crippen molar-refractivity contribution in [3.63, 3.8) is 0 Å². The molecular weight excluding hydrogens is 606 g/mol. The molecule has 1 aliphatic heterocycles. The Morgan fingerprint density at radius 3 is 2.13 bits per heavy atom. The van der Waals surface area contributed by atoms with E-state index in [9.17, 15) is 28.8 Å². The lowest BCUT2D eigenvalue weighted by atomic mass is 9.80. The third-order valence-electron chi connectivity index (χ3n) is 10.8. The highest BCUT2D eigenvalue weighted by molar-refractivity contribution is 6.37. The van der Waals surface area contributed by atoms with Gasteiger partial charge in [0.2, 0.25) is 17.6 Å². The third kappa shape index (κ3) is 8.56. The van der Waals surface area contributed by atoms with Gasteiger partial charge in [-0.3, -0.25) is 19.2 Å². The minimum atomic E-state index is -1.10. The Kier molecular flexibility index (Phi) is 11.5. The quantitative estimate of drug-likeness (QED) is 0.162. The fourth-order valence-corrected chi connectivity index (χ4v) is 7.65. The Morgan fingerprint density at radius 1 is 0.915 bits per heavy atom. The standard InChI is InChI=1S/C34H55N5O8/c1-19(2)17-46-32(45)47-18-34(13-8-7-9-14-34)38-31(44)37-25(20(3)4)30(43)39-16-22-24(33(22,5)6)26(39)29(42)36-23(27(40)28(35)41)15-21-11-10-12-21/h19-26H,7-18H2,1-6H3,(H2,35,41)(H,36,42)(H2,37,38,44)/t22-,23?,24-,25-,26-/m0/s1. The summed E-state index contributed by atoms with van der Waals surface area (Å²) in [4.78, 5) is 79.8. The number of fused-ring (bicyclic) bond motifs is 1. The SMILES string of the molecule is CC(C)COC(=O)OCC1(NC(=O)N[C@H](C(=O)N2C[C@H]3[C@@H]([C@H]2C(=O)NC(CC2CCC2)C(=O)C(N)=O)C3(C)C)C(C)C)CCCCC1. The van der Waals surface area contributed by atoms with Crippen LogP contribution >= 0.6 is 0 Å². The summed E-state index contributed by atoms with van der Waals surface area (Å²) < 4.78 is 10.6. The van der Waals surface area contributed by atoms with Crippen LogP contribution in [0.5, 0.6) is 0 Å². The predicted octanol–water partition coefficient (Wildman–Crippen LogP) is 3.03. The predicted molar refractivity (Wildman–Crippen MR) is 173 cm³/mol. The van der Waals surface area contributed by atoms with Crippen LogP contribution in [-0.4, -0.2) is 84.0 Å². The number of piperidine rings is 1. The number of nitrogens with one attached hydrogen (secondary N) is 3. The molecule has 0 aromatic carbocycles. The highest BCUT2D eigenvalue weighted by atomic mass is 16.7. The summed E-state index contributed by atoms with van der Waals surface area (Å²) in [7, 11) is 0. The fraction of sp³-hybridized carbons (Fsp3) is 0.824. The normalized spacial score (nSPS) is 25.5. The maximum atomic E-state index is 14.2. The number of primary amides is 1. The average molecular weight is 662 g/mol. The van der Waals surface area contributed by atoms with Gasteiger partial charge in [0, 0.05) is 6.54 Å². The van der Waals surface area contributed by atoms with Gasteiger partial charge in [-0.25, -0.2) is 9.59 Å². The van der Waals surface area contributed by atoms with Gasteiger partial charge in [0.25, 0.3) is 5.91 Å². The molecule has 3 saturated carbocycles. The van der Waals surface area contributed by atoms with Gasteiger partial charge in [-0.2, -0.15) is 0 Å². The van der Waals surface area contributed by atoms with E-state index in [1.54, 1.807) is 0 Å². The van der Waals surface area contributed by atoms with Gasteiger partial charge in [0.15, 0.2) is 0 Å². The van der Waals surface area contributed by atoms with E-state index in [0.717, 1.165) is 38.5 Å². The number of likely N-dealkylation sites (tertiary alicyclic amines) is 1. The lowest BCUT2D eigenvalue weighted by molar-refractivity contribution is -0.144. The van der Waals surface area contributed by atoms with Crippen molar-refractivity contribution >= 4 is 35.7 Å². The zero-order valence-corrected chi connectivity index (χ0v) is 28.9. The monoisotopic (exact) mass is 661 g/mol. The molecule has 4 rings (SSSR count). The van der Waals surface area contributed by atoms with E-state index in [-0.39, 0.29) is 54.1 Å². The van der Waals surface area contributed by atoms with Gasteiger partial charge in [-0.05, 0) is 54.3 Å². The van der Waals surface area contributed by atoms with Crippen LogP contribution in [0.4, 0.5) is 9.59 Å². The number of hydrogen-bond donors (Lipinski definition) is 4. The second kappa shape index (κ2) is 14.8. The fourth-order valence-electron chi connectivity index (χ4n) is 7.65. The summed E-state index contributed by atoms with van der Waals surface area (Å²) in [6.45, 7) is 12.1. The summed E-state index contributed by atoms with van der Waals surface area (Å²) in [6.07, 6.45) is 6.34. The Morgan fingerprint density at radius 2 is 1.57 bits per heavy atom. The second-order valence-corrected chi connectivity index (χ2v) is 15.6. The third-order valence-corrected chi connectivity index (χ3v) is 10.8. The Labute approximate surface area is 278 Å². The first-order chi connectivity index (χ1) is 22.1. The molecular formula is C34H55N5O8. The molecule has 1 unspecified atom stereocenters. The molecule has 1 heterocycles. The van der Waals surface area contributed by atoms with Gasteiger partial charge in [-0.1, -0.05) is 80.1 Å². The number of Topliss-reactive ketones (excluding diaryl/α,β-unsaturated/α-hetero) is 1. The maximum absolute atomic E-state index is 14.2. The largest absolute Gasteiger partial charge is 0.508 e. The van der Waals surface area contributed by atoms with Crippen LogP contribution in [-0.2, 0) is 28.7 Å². The molecule has 4 aliphatic rings. The van der Waals surface area contributed by atoms with Crippen molar-refractivity contribution in [2.75, 3.05) is 19.8 Å². The van der Waals surface area contributed by atoms with Crippen molar-refractivity contribution < 1.29 is 38.2 Å². The van der Waals surface area contributed by atoms with Crippen LogP contribution in [0.25, 0.3) is 0 Å². The van der Waals surface area contributed by atoms with E-state index in [1.807, 2.05) is 27.7 Å². The van der Waals surface area contributed by atoms with Gasteiger partial charge >= 0.3 is 12.2 Å². The van der Waals surface area contributed by atoms with Crippen LogP contribution in [0.3, 0.4) is 0 Å². The first-order valence-corrected chi connectivity index (χ1v) is 17.4. The van der Waals surface area contributed by atoms with Crippen molar-refractivity contribution in [2.45, 2.75) is 123 Å². The average Bonchev–Trinajstić information content (AvgIpc) is 3.29. The van der Waals surface area contributed by atoms with E-state index >= 15 is 0 Å². The molecule has 0 spiro atoms. The molecule has 13 heteroatoms. The lowest BCUT2D eigenvalue weighted by Gasteiger charge is -2.38. The number of ether oxygens (including phenoxy) is 2. The number of amides is 5. The van der Waals surface area contributed by atoms with Crippen LogP contribution < -0.4 is 21.7 Å². The summed E-state index contributed by atoms with van der Waals surface area (Å²) in [5, 5.41) is 8.66. The number of ketones is 1. The smallest absolute Gasteiger partial charge is 0.434 e. The van der Waals surface area contributed by atoms with E-state index < -0.39 is 53.4 Å². The summed E-state index contributed by atoms with van der Waals surface area (Å²) in [5.41, 5.74) is 4.35. The number of carbonyl (C=O) groups is 6. The Balaban J connectivity index is 1.45. The molecule has 0 aromatic rings. The van der Waals surface area contributed by atoms with E-state index in [4.69, 9.17) is 15.2 Å². The zero-order valence-electron chi connectivity index (χ0n) is 28.9. The van der Waals surface area contributed by atoms with Gasteiger partial charge < -0.3 is 36.1 Å². The first-order valence-electron chi connectivity index (χ1n) is 17.4. The van der Waals surface area contributed by atoms with Crippen LogP contribution in [0.2, 0.25) is 0 Å². The molecule has 264 valence electrons. The molecule has 5 atom stereocenters. The van der Waals surface area contributed by atoms with Crippen molar-refractivity contribution in [1.82, 2.24) is 20.9 Å². The molecule has 5 amide bonds. The Hall–Kier alpha value is -3.38. The summed E-state index contributed by atoms with van der Waals surface area (Å²) >= 11 is 0. The number of nitrogens with two attached hydrogens (primary N) is 1. The molecule has 5 N–H and O–H groups in total. The number of rotatable bonds is 14.